The van der Waals surface area contributed by atoms with Crippen LogP contribution in [0.1, 0.15) is 24.2 Å². The molecule has 0 fully saturated rings. The molecule has 0 bridgehead atoms. The Kier molecular flexibility index (Phi) is 4.00. The maximum Gasteiger partial charge on any atom is 0.321 e. The van der Waals surface area contributed by atoms with Gasteiger partial charge in [0.1, 0.15) is 5.56 Å². The Morgan fingerprint density at radius 3 is 2.62 bits per heavy atom. The summed E-state index contributed by atoms with van der Waals surface area (Å²) >= 11 is 3.18. The summed E-state index contributed by atoms with van der Waals surface area (Å²) in [6, 6.07) is 2.90. The standard InChI is InChI=1S/C10H10BrNO4/c1-3-16-9-5-7(11)4-8(6(2)13)10(9)12(14)15/h4-5H,3H2,1-2H3. The van der Waals surface area contributed by atoms with Crippen LogP contribution in [-0.2, 0) is 0 Å². The van der Waals surface area contributed by atoms with Gasteiger partial charge in [-0.1, -0.05) is 15.9 Å². The highest BCUT2D eigenvalue weighted by Gasteiger charge is 2.24. The predicted molar refractivity (Wildman–Crippen MR) is 62.0 cm³/mol. The lowest BCUT2D eigenvalue weighted by molar-refractivity contribution is -0.386. The normalized spacial score (nSPS) is 9.94. The first-order valence-corrected chi connectivity index (χ1v) is 5.38. The van der Waals surface area contributed by atoms with Gasteiger partial charge < -0.3 is 4.74 Å². The molecule has 86 valence electrons. The van der Waals surface area contributed by atoms with Crippen LogP contribution < -0.4 is 4.74 Å². The van der Waals surface area contributed by atoms with E-state index in [1.807, 2.05) is 0 Å². The number of Topliss-reactive ketones (excluding diaryl/α,β-unsaturated/α-hetero) is 1. The third kappa shape index (κ3) is 2.57. The quantitative estimate of drug-likeness (QED) is 0.485. The van der Waals surface area contributed by atoms with Crippen molar-refractivity contribution >= 4 is 27.4 Å². The molecule has 0 N–H and O–H groups in total. The molecule has 1 aromatic rings. The molecule has 16 heavy (non-hydrogen) atoms. The van der Waals surface area contributed by atoms with Gasteiger partial charge in [0.2, 0.25) is 0 Å². The van der Waals surface area contributed by atoms with E-state index in [0.717, 1.165) is 0 Å². The Morgan fingerprint density at radius 1 is 1.56 bits per heavy atom. The fourth-order valence-corrected chi connectivity index (χ4v) is 1.73. The summed E-state index contributed by atoms with van der Waals surface area (Å²) in [5, 5.41) is 10.9. The van der Waals surface area contributed by atoms with Crippen molar-refractivity contribution in [1.82, 2.24) is 0 Å². The molecular weight excluding hydrogens is 278 g/mol. The molecule has 5 nitrogen and oxygen atoms in total. The van der Waals surface area contributed by atoms with Crippen molar-refractivity contribution in [3.63, 3.8) is 0 Å². The van der Waals surface area contributed by atoms with Crippen molar-refractivity contribution in [3.8, 4) is 5.75 Å². The Labute approximate surface area is 101 Å². The number of ketones is 1. The maximum absolute atomic E-state index is 11.3. The van der Waals surface area contributed by atoms with Crippen LogP contribution in [0.3, 0.4) is 0 Å². The minimum atomic E-state index is -0.603. The number of carbonyl (C=O) groups excluding carboxylic acids is 1. The number of halogens is 1. The summed E-state index contributed by atoms with van der Waals surface area (Å²) in [5.74, 6) is -0.263. The molecule has 1 aromatic carbocycles. The van der Waals surface area contributed by atoms with Crippen LogP contribution in [0.5, 0.6) is 5.75 Å². The number of nitro groups is 1. The fourth-order valence-electron chi connectivity index (χ4n) is 1.30. The third-order valence-electron chi connectivity index (χ3n) is 1.90. The van der Waals surface area contributed by atoms with Crippen molar-refractivity contribution in [2.24, 2.45) is 0 Å². The first-order chi connectivity index (χ1) is 7.47. The van der Waals surface area contributed by atoms with Gasteiger partial charge in [-0.15, -0.1) is 0 Å². The van der Waals surface area contributed by atoms with E-state index in [-0.39, 0.29) is 22.8 Å². The number of nitrogens with zero attached hydrogens (tertiary/aromatic N) is 1. The summed E-state index contributed by atoms with van der Waals surface area (Å²) in [5.41, 5.74) is -0.236. The van der Waals surface area contributed by atoms with E-state index in [1.165, 1.54) is 19.1 Å². The summed E-state index contributed by atoms with van der Waals surface area (Å²) in [6.45, 7) is 3.30. The largest absolute Gasteiger partial charge is 0.487 e. The van der Waals surface area contributed by atoms with E-state index in [1.54, 1.807) is 6.92 Å². The van der Waals surface area contributed by atoms with Crippen molar-refractivity contribution in [3.05, 3.63) is 32.3 Å². The Hall–Kier alpha value is -1.43. The zero-order chi connectivity index (χ0) is 12.3. The molecule has 0 spiro atoms. The van der Waals surface area contributed by atoms with Crippen molar-refractivity contribution < 1.29 is 14.5 Å². The average molecular weight is 288 g/mol. The van der Waals surface area contributed by atoms with Crippen LogP contribution in [0, 0.1) is 10.1 Å². The Morgan fingerprint density at radius 2 is 2.19 bits per heavy atom. The smallest absolute Gasteiger partial charge is 0.321 e. The average Bonchev–Trinajstić information content (AvgIpc) is 2.16. The Bertz CT molecular complexity index is 445. The van der Waals surface area contributed by atoms with Gasteiger partial charge in [-0.25, -0.2) is 0 Å². The van der Waals surface area contributed by atoms with Gasteiger partial charge in [-0.05, 0) is 19.9 Å². The fraction of sp³-hybridized carbons (Fsp3) is 0.300. The summed E-state index contributed by atoms with van der Waals surface area (Å²) in [4.78, 5) is 21.6. The molecule has 6 heteroatoms. The first kappa shape index (κ1) is 12.6. The number of ether oxygens (including phenoxy) is 1. The lowest BCUT2D eigenvalue weighted by atomic mass is 10.1. The van der Waals surface area contributed by atoms with Gasteiger partial charge in [-0.3, -0.25) is 14.9 Å². The number of benzene rings is 1. The lowest BCUT2D eigenvalue weighted by Crippen LogP contribution is -2.04. The highest BCUT2D eigenvalue weighted by atomic mass is 79.9. The predicted octanol–water partition coefficient (Wildman–Crippen LogP) is 2.96. The molecule has 0 aromatic heterocycles. The van der Waals surface area contributed by atoms with Crippen LogP contribution in [-0.4, -0.2) is 17.3 Å². The molecule has 0 aliphatic rings. The van der Waals surface area contributed by atoms with E-state index in [0.29, 0.717) is 11.1 Å². The lowest BCUT2D eigenvalue weighted by Gasteiger charge is -2.07. The number of nitro benzene ring substituents is 1. The topological polar surface area (TPSA) is 69.4 Å². The molecular formula is C10H10BrNO4. The molecule has 0 saturated heterocycles. The van der Waals surface area contributed by atoms with E-state index < -0.39 is 4.92 Å². The maximum atomic E-state index is 11.3. The first-order valence-electron chi connectivity index (χ1n) is 4.59. The van der Waals surface area contributed by atoms with Gasteiger partial charge in [0.15, 0.2) is 11.5 Å². The number of hydrogen-bond donors (Lipinski definition) is 0. The summed E-state index contributed by atoms with van der Waals surface area (Å²) < 4.78 is 5.72. The molecule has 0 aliphatic heterocycles. The summed E-state index contributed by atoms with van der Waals surface area (Å²) in [7, 11) is 0. The van der Waals surface area contributed by atoms with Crippen LogP contribution >= 0.6 is 15.9 Å². The molecule has 0 amide bonds. The van der Waals surface area contributed by atoms with Gasteiger partial charge in [-0.2, -0.15) is 0 Å². The third-order valence-corrected chi connectivity index (χ3v) is 2.36. The second kappa shape index (κ2) is 5.07. The minimum Gasteiger partial charge on any atom is -0.487 e. The van der Waals surface area contributed by atoms with E-state index >= 15 is 0 Å². The number of hydrogen-bond acceptors (Lipinski definition) is 4. The molecule has 0 radical (unpaired) electrons. The van der Waals surface area contributed by atoms with Crippen LogP contribution in [0.2, 0.25) is 0 Å². The second-order valence-corrected chi connectivity index (χ2v) is 3.96. The molecule has 1 rings (SSSR count). The van der Waals surface area contributed by atoms with Gasteiger partial charge >= 0.3 is 5.69 Å². The van der Waals surface area contributed by atoms with Gasteiger partial charge in [0.25, 0.3) is 0 Å². The van der Waals surface area contributed by atoms with Gasteiger partial charge in [0, 0.05) is 10.5 Å². The second-order valence-electron chi connectivity index (χ2n) is 3.05. The van der Waals surface area contributed by atoms with E-state index in [2.05, 4.69) is 15.9 Å². The molecule has 0 heterocycles. The highest BCUT2D eigenvalue weighted by Crippen LogP contribution is 2.34. The molecule has 0 atom stereocenters. The zero-order valence-electron chi connectivity index (χ0n) is 8.82. The van der Waals surface area contributed by atoms with Crippen LogP contribution in [0.25, 0.3) is 0 Å². The molecule has 0 saturated carbocycles. The molecule has 0 aliphatic carbocycles. The molecule has 0 unspecified atom stereocenters. The van der Waals surface area contributed by atoms with Crippen LogP contribution in [0.4, 0.5) is 5.69 Å². The SMILES string of the molecule is CCOc1cc(Br)cc(C(C)=O)c1[N+](=O)[O-]. The van der Waals surface area contributed by atoms with Crippen molar-refractivity contribution in [2.75, 3.05) is 6.61 Å². The number of carbonyl (C=O) groups is 1. The van der Waals surface area contributed by atoms with Crippen molar-refractivity contribution in [1.29, 1.82) is 0 Å². The zero-order valence-corrected chi connectivity index (χ0v) is 10.4. The van der Waals surface area contributed by atoms with Crippen LogP contribution in [0.15, 0.2) is 16.6 Å². The number of rotatable bonds is 4. The minimum absolute atomic E-state index is 0.0443. The monoisotopic (exact) mass is 287 g/mol. The van der Waals surface area contributed by atoms with Gasteiger partial charge in [0.05, 0.1) is 11.5 Å². The highest BCUT2D eigenvalue weighted by molar-refractivity contribution is 9.10. The van der Waals surface area contributed by atoms with E-state index in [4.69, 9.17) is 4.74 Å². The van der Waals surface area contributed by atoms with Crippen molar-refractivity contribution in [2.45, 2.75) is 13.8 Å². The van der Waals surface area contributed by atoms with E-state index in [9.17, 15) is 14.9 Å². The summed E-state index contributed by atoms with van der Waals surface area (Å²) in [6.07, 6.45) is 0. The Balaban J connectivity index is 3.47.